The summed E-state index contributed by atoms with van der Waals surface area (Å²) >= 11 is 0. The Morgan fingerprint density at radius 3 is 2.73 bits per heavy atom. The molecule has 0 bridgehead atoms. The van der Waals surface area contributed by atoms with Crippen LogP contribution < -0.4 is 5.32 Å². The molecule has 1 rings (SSSR count). The van der Waals surface area contributed by atoms with Crippen molar-refractivity contribution < 1.29 is 9.32 Å². The molecular weight excluding hydrogens is 210 g/mol. The van der Waals surface area contributed by atoms with E-state index in [2.05, 4.69) is 5.32 Å². The van der Waals surface area contributed by atoms with E-state index in [1.54, 1.807) is 0 Å². The summed E-state index contributed by atoms with van der Waals surface area (Å²) in [6.07, 6.45) is 4.60. The van der Waals surface area contributed by atoms with Gasteiger partial charge in [0.25, 0.3) is 0 Å². The minimum atomic E-state index is -0.833. The van der Waals surface area contributed by atoms with E-state index in [1.807, 2.05) is 6.92 Å². The van der Waals surface area contributed by atoms with Crippen molar-refractivity contribution >= 4 is 10.8 Å². The average molecular weight is 233 g/mol. The van der Waals surface area contributed by atoms with Crippen molar-refractivity contribution in [3.63, 3.8) is 0 Å². The normalized spacial score (nSPS) is 21.7. The predicted octanol–water partition coefficient (Wildman–Crippen LogP) is 0.896. The van der Waals surface area contributed by atoms with E-state index in [9.17, 15) is 9.32 Å². The summed E-state index contributed by atoms with van der Waals surface area (Å²) in [5.41, 5.74) is 0. The van der Waals surface area contributed by atoms with E-state index in [0.717, 1.165) is 12.3 Å². The second-order valence-electron chi connectivity index (χ2n) is 4.39. The van der Waals surface area contributed by atoms with Crippen LogP contribution in [0.15, 0.2) is 0 Å². The second-order valence-corrected chi connectivity index (χ2v) is 5.93. The first kappa shape index (κ1) is 13.1. The van der Waals surface area contributed by atoms with Crippen LogP contribution in [0.3, 0.4) is 0 Å². The number of nitrogens with one attached hydrogen (secondary N) is 1. The van der Waals surface area contributed by atoms with Gasteiger partial charge in [0.2, 0.25) is 0 Å². The van der Waals surface area contributed by atoms with Gasteiger partial charge in [0.1, 0.15) is 0 Å². The standard InChI is InChI=1S/C11H23NO2S/c1-2-12-7-11(13)9-15(14)8-10-5-3-4-6-10/h10-13H,2-9H2,1H3. The summed E-state index contributed by atoms with van der Waals surface area (Å²) in [6.45, 7) is 3.42. The number of hydrogen-bond acceptors (Lipinski definition) is 3. The molecule has 90 valence electrons. The molecule has 0 radical (unpaired) electrons. The molecule has 3 nitrogen and oxygen atoms in total. The SMILES string of the molecule is CCNCC(O)CS(=O)CC1CCCC1. The molecule has 2 atom stereocenters. The highest BCUT2D eigenvalue weighted by Crippen LogP contribution is 2.25. The van der Waals surface area contributed by atoms with Crippen LogP contribution in [0, 0.1) is 5.92 Å². The van der Waals surface area contributed by atoms with Crippen LogP contribution in [0.2, 0.25) is 0 Å². The number of rotatable bonds is 7. The van der Waals surface area contributed by atoms with E-state index >= 15 is 0 Å². The number of hydrogen-bond donors (Lipinski definition) is 2. The van der Waals surface area contributed by atoms with Crippen LogP contribution in [0.4, 0.5) is 0 Å². The predicted molar refractivity (Wildman–Crippen MR) is 64.4 cm³/mol. The van der Waals surface area contributed by atoms with Crippen molar-refractivity contribution in [3.8, 4) is 0 Å². The van der Waals surface area contributed by atoms with Gasteiger partial charge >= 0.3 is 0 Å². The van der Waals surface area contributed by atoms with Crippen molar-refractivity contribution in [1.82, 2.24) is 5.32 Å². The Morgan fingerprint density at radius 2 is 2.13 bits per heavy atom. The van der Waals surface area contributed by atoms with Crippen molar-refractivity contribution in [1.29, 1.82) is 0 Å². The lowest BCUT2D eigenvalue weighted by atomic mass is 10.1. The first-order valence-corrected chi connectivity index (χ1v) is 7.45. The topological polar surface area (TPSA) is 49.3 Å². The summed E-state index contributed by atoms with van der Waals surface area (Å²) in [5, 5.41) is 12.6. The fourth-order valence-corrected chi connectivity index (χ4v) is 3.63. The van der Waals surface area contributed by atoms with Crippen molar-refractivity contribution in [2.75, 3.05) is 24.6 Å². The molecule has 2 N–H and O–H groups in total. The third-order valence-corrected chi connectivity index (χ3v) is 4.50. The minimum Gasteiger partial charge on any atom is -0.391 e. The molecule has 15 heavy (non-hydrogen) atoms. The van der Waals surface area contributed by atoms with Crippen molar-refractivity contribution in [2.45, 2.75) is 38.7 Å². The molecule has 0 aromatic heterocycles. The smallest absolute Gasteiger partial charge is 0.0779 e. The van der Waals surface area contributed by atoms with Crippen LogP contribution in [-0.2, 0) is 10.8 Å². The molecule has 1 saturated carbocycles. The molecule has 0 heterocycles. The Kier molecular flexibility index (Phi) is 6.45. The fourth-order valence-electron chi connectivity index (χ4n) is 2.09. The second kappa shape index (κ2) is 7.36. The van der Waals surface area contributed by atoms with Gasteiger partial charge in [-0.15, -0.1) is 0 Å². The number of aliphatic hydroxyl groups is 1. The summed E-state index contributed by atoms with van der Waals surface area (Å²) in [4.78, 5) is 0. The van der Waals surface area contributed by atoms with E-state index < -0.39 is 16.9 Å². The van der Waals surface area contributed by atoms with Crippen LogP contribution >= 0.6 is 0 Å². The molecule has 0 aromatic carbocycles. The zero-order valence-electron chi connectivity index (χ0n) is 9.58. The Bertz CT molecular complexity index is 193. The van der Waals surface area contributed by atoms with Gasteiger partial charge in [0, 0.05) is 23.1 Å². The Hall–Kier alpha value is 0.0700. The summed E-state index contributed by atoms with van der Waals surface area (Å²) in [5.74, 6) is 1.88. The summed E-state index contributed by atoms with van der Waals surface area (Å²) < 4.78 is 11.7. The van der Waals surface area contributed by atoms with Gasteiger partial charge in [-0.05, 0) is 25.3 Å². The van der Waals surface area contributed by atoms with Crippen LogP contribution in [-0.4, -0.2) is 40.0 Å². The number of likely N-dealkylation sites (N-methyl/N-ethyl adjacent to an activating group) is 1. The maximum absolute atomic E-state index is 11.7. The lowest BCUT2D eigenvalue weighted by Gasteiger charge is -2.12. The van der Waals surface area contributed by atoms with Gasteiger partial charge in [-0.2, -0.15) is 0 Å². The van der Waals surface area contributed by atoms with Gasteiger partial charge in [-0.25, -0.2) is 0 Å². The Balaban J connectivity index is 2.11. The van der Waals surface area contributed by atoms with Gasteiger partial charge in [0.15, 0.2) is 0 Å². The average Bonchev–Trinajstić information content (AvgIpc) is 2.67. The molecule has 0 amide bonds. The molecular formula is C11H23NO2S. The Morgan fingerprint density at radius 1 is 1.47 bits per heavy atom. The highest BCUT2D eigenvalue weighted by atomic mass is 32.2. The van der Waals surface area contributed by atoms with E-state index in [0.29, 0.717) is 18.2 Å². The van der Waals surface area contributed by atoms with Gasteiger partial charge in [0.05, 0.1) is 11.9 Å². The summed E-state index contributed by atoms with van der Waals surface area (Å²) in [7, 11) is -0.833. The first-order valence-electron chi connectivity index (χ1n) is 5.96. The van der Waals surface area contributed by atoms with Gasteiger partial charge in [-0.3, -0.25) is 4.21 Å². The maximum atomic E-state index is 11.7. The fraction of sp³-hybridized carbons (Fsp3) is 1.00. The minimum absolute atomic E-state index is 0.434. The molecule has 1 aliphatic carbocycles. The zero-order valence-corrected chi connectivity index (χ0v) is 10.4. The molecule has 0 aliphatic heterocycles. The zero-order chi connectivity index (χ0) is 11.1. The highest BCUT2D eigenvalue weighted by Gasteiger charge is 2.19. The van der Waals surface area contributed by atoms with E-state index in [1.165, 1.54) is 25.7 Å². The highest BCUT2D eigenvalue weighted by molar-refractivity contribution is 7.85. The van der Waals surface area contributed by atoms with E-state index in [4.69, 9.17) is 0 Å². The molecule has 0 aromatic rings. The Labute approximate surface area is 95.1 Å². The molecule has 0 spiro atoms. The van der Waals surface area contributed by atoms with Crippen LogP contribution in [0.5, 0.6) is 0 Å². The van der Waals surface area contributed by atoms with E-state index in [-0.39, 0.29) is 0 Å². The molecule has 2 unspecified atom stereocenters. The first-order chi connectivity index (χ1) is 7.22. The third-order valence-electron chi connectivity index (χ3n) is 2.90. The van der Waals surface area contributed by atoms with Crippen molar-refractivity contribution in [2.24, 2.45) is 5.92 Å². The van der Waals surface area contributed by atoms with Gasteiger partial charge < -0.3 is 10.4 Å². The largest absolute Gasteiger partial charge is 0.391 e. The quantitative estimate of drug-likeness (QED) is 0.687. The summed E-state index contributed by atoms with van der Waals surface area (Å²) in [6, 6.07) is 0. The van der Waals surface area contributed by atoms with Gasteiger partial charge in [-0.1, -0.05) is 19.8 Å². The van der Waals surface area contributed by atoms with Crippen molar-refractivity contribution in [3.05, 3.63) is 0 Å². The van der Waals surface area contributed by atoms with Crippen LogP contribution in [0.25, 0.3) is 0 Å². The van der Waals surface area contributed by atoms with Crippen LogP contribution in [0.1, 0.15) is 32.6 Å². The molecule has 0 saturated heterocycles. The third kappa shape index (κ3) is 5.64. The molecule has 1 fully saturated rings. The molecule has 1 aliphatic rings. The lowest BCUT2D eigenvalue weighted by Crippen LogP contribution is -2.31. The number of aliphatic hydroxyl groups excluding tert-OH is 1. The lowest BCUT2D eigenvalue weighted by molar-refractivity contribution is 0.195. The molecule has 4 heteroatoms. The monoisotopic (exact) mass is 233 g/mol. The maximum Gasteiger partial charge on any atom is 0.0779 e.